The molecule has 0 bridgehead atoms. The third-order valence-electron chi connectivity index (χ3n) is 3.85. The number of aryl methyl sites for hydroxylation is 1. The zero-order chi connectivity index (χ0) is 12.6. The maximum absolute atomic E-state index is 15.0. The van der Waals surface area contributed by atoms with Crippen LogP contribution in [0.15, 0.2) is 12.1 Å². The molecule has 94 valence electrons. The lowest BCUT2D eigenvalue weighted by atomic mass is 9.87. The summed E-state index contributed by atoms with van der Waals surface area (Å²) in [6.45, 7) is 3.99. The summed E-state index contributed by atoms with van der Waals surface area (Å²) >= 11 is 0. The molecule has 17 heavy (non-hydrogen) atoms. The molecule has 0 aliphatic heterocycles. The van der Waals surface area contributed by atoms with Gasteiger partial charge in [0.15, 0.2) is 5.67 Å². The van der Waals surface area contributed by atoms with Gasteiger partial charge >= 0.3 is 0 Å². The minimum absolute atomic E-state index is 0.0243. The van der Waals surface area contributed by atoms with Crippen LogP contribution in [0.4, 0.5) is 4.39 Å². The van der Waals surface area contributed by atoms with Gasteiger partial charge in [0.25, 0.3) is 0 Å². The molecule has 0 heterocycles. The lowest BCUT2D eigenvalue weighted by Gasteiger charge is -2.27. The number of ether oxygens (including phenoxy) is 1. The SMILES string of the molecule is COc1c(C(F)(CN)C2CC2)ccc(C)c1C. The Morgan fingerprint density at radius 1 is 1.41 bits per heavy atom. The number of alkyl halides is 1. The highest BCUT2D eigenvalue weighted by Gasteiger charge is 2.48. The van der Waals surface area contributed by atoms with Gasteiger partial charge in [0, 0.05) is 12.1 Å². The van der Waals surface area contributed by atoms with E-state index in [-0.39, 0.29) is 12.5 Å². The van der Waals surface area contributed by atoms with Gasteiger partial charge in [-0.3, -0.25) is 0 Å². The number of benzene rings is 1. The third-order valence-corrected chi connectivity index (χ3v) is 3.85. The molecule has 1 aliphatic carbocycles. The molecule has 1 aromatic carbocycles. The van der Waals surface area contributed by atoms with Gasteiger partial charge in [-0.15, -0.1) is 0 Å². The minimum Gasteiger partial charge on any atom is -0.496 e. The molecular weight excluding hydrogens is 217 g/mol. The first-order chi connectivity index (χ1) is 8.04. The smallest absolute Gasteiger partial charge is 0.154 e. The van der Waals surface area contributed by atoms with E-state index in [0.29, 0.717) is 11.3 Å². The number of rotatable bonds is 4. The van der Waals surface area contributed by atoms with Crippen LogP contribution in [-0.4, -0.2) is 13.7 Å². The Kier molecular flexibility index (Phi) is 3.13. The van der Waals surface area contributed by atoms with Gasteiger partial charge < -0.3 is 10.5 Å². The van der Waals surface area contributed by atoms with Crippen LogP contribution in [0.25, 0.3) is 0 Å². The van der Waals surface area contributed by atoms with E-state index in [1.165, 1.54) is 0 Å². The van der Waals surface area contributed by atoms with E-state index in [0.717, 1.165) is 24.0 Å². The summed E-state index contributed by atoms with van der Waals surface area (Å²) in [7, 11) is 1.59. The summed E-state index contributed by atoms with van der Waals surface area (Å²) in [4.78, 5) is 0. The van der Waals surface area contributed by atoms with Crippen LogP contribution in [0, 0.1) is 19.8 Å². The fraction of sp³-hybridized carbons (Fsp3) is 0.571. The van der Waals surface area contributed by atoms with E-state index >= 15 is 0 Å². The quantitative estimate of drug-likeness (QED) is 0.874. The molecule has 0 amide bonds. The fourth-order valence-corrected chi connectivity index (χ4v) is 2.42. The molecule has 1 saturated carbocycles. The van der Waals surface area contributed by atoms with E-state index in [2.05, 4.69) is 0 Å². The van der Waals surface area contributed by atoms with Gasteiger partial charge in [-0.1, -0.05) is 12.1 Å². The summed E-state index contributed by atoms with van der Waals surface area (Å²) in [5.74, 6) is 0.716. The van der Waals surface area contributed by atoms with Gasteiger partial charge in [-0.05, 0) is 43.7 Å². The van der Waals surface area contributed by atoms with Crippen molar-refractivity contribution in [3.8, 4) is 5.75 Å². The molecular formula is C14H20FNO. The van der Waals surface area contributed by atoms with Crippen LogP contribution < -0.4 is 10.5 Å². The van der Waals surface area contributed by atoms with Crippen molar-refractivity contribution in [3.05, 3.63) is 28.8 Å². The normalized spacial score (nSPS) is 18.9. The lowest BCUT2D eigenvalue weighted by Crippen LogP contribution is -2.33. The molecule has 1 aliphatic rings. The van der Waals surface area contributed by atoms with Crippen LogP contribution in [-0.2, 0) is 5.67 Å². The van der Waals surface area contributed by atoms with Crippen LogP contribution >= 0.6 is 0 Å². The average Bonchev–Trinajstić information content (AvgIpc) is 3.15. The highest BCUT2D eigenvalue weighted by molar-refractivity contribution is 5.49. The third kappa shape index (κ3) is 1.93. The number of hydrogen-bond acceptors (Lipinski definition) is 2. The topological polar surface area (TPSA) is 35.2 Å². The Bertz CT molecular complexity index is 428. The van der Waals surface area contributed by atoms with Gasteiger partial charge in [0.2, 0.25) is 0 Å². The maximum Gasteiger partial charge on any atom is 0.154 e. The largest absolute Gasteiger partial charge is 0.496 e. The van der Waals surface area contributed by atoms with Crippen molar-refractivity contribution in [1.82, 2.24) is 0 Å². The maximum atomic E-state index is 15.0. The van der Waals surface area contributed by atoms with Gasteiger partial charge in [-0.2, -0.15) is 0 Å². The second-order valence-corrected chi connectivity index (χ2v) is 4.93. The Hall–Kier alpha value is -1.09. The van der Waals surface area contributed by atoms with Crippen LogP contribution in [0.5, 0.6) is 5.75 Å². The first-order valence-corrected chi connectivity index (χ1v) is 6.08. The van der Waals surface area contributed by atoms with Gasteiger partial charge in [-0.25, -0.2) is 4.39 Å². The molecule has 1 atom stereocenters. The molecule has 0 aromatic heterocycles. The van der Waals surface area contributed by atoms with Gasteiger partial charge in [0.05, 0.1) is 7.11 Å². The van der Waals surface area contributed by atoms with Crippen molar-refractivity contribution in [1.29, 1.82) is 0 Å². The molecule has 0 saturated heterocycles. The molecule has 1 aromatic rings. The Morgan fingerprint density at radius 3 is 2.53 bits per heavy atom. The van der Waals surface area contributed by atoms with Crippen molar-refractivity contribution >= 4 is 0 Å². The summed E-state index contributed by atoms with van der Waals surface area (Å²) < 4.78 is 20.4. The number of halogens is 1. The lowest BCUT2D eigenvalue weighted by molar-refractivity contribution is 0.138. The monoisotopic (exact) mass is 237 g/mol. The molecule has 2 rings (SSSR count). The molecule has 0 spiro atoms. The summed E-state index contributed by atoms with van der Waals surface area (Å²) in [5, 5.41) is 0. The van der Waals surface area contributed by atoms with E-state index in [4.69, 9.17) is 10.5 Å². The Labute approximate surface area is 102 Å². The first kappa shape index (κ1) is 12.4. The Balaban J connectivity index is 2.54. The molecule has 3 heteroatoms. The van der Waals surface area contributed by atoms with Crippen molar-refractivity contribution < 1.29 is 9.13 Å². The zero-order valence-corrected chi connectivity index (χ0v) is 10.7. The van der Waals surface area contributed by atoms with Gasteiger partial charge in [0.1, 0.15) is 5.75 Å². The predicted molar refractivity (Wildman–Crippen MR) is 67.0 cm³/mol. The second kappa shape index (κ2) is 4.30. The number of hydrogen-bond donors (Lipinski definition) is 1. The molecule has 2 N–H and O–H groups in total. The van der Waals surface area contributed by atoms with E-state index in [1.54, 1.807) is 7.11 Å². The van der Waals surface area contributed by atoms with E-state index in [1.807, 2.05) is 26.0 Å². The molecule has 1 fully saturated rings. The van der Waals surface area contributed by atoms with E-state index < -0.39 is 5.67 Å². The molecule has 2 nitrogen and oxygen atoms in total. The number of methoxy groups -OCH3 is 1. The van der Waals surface area contributed by atoms with Crippen LogP contribution in [0.3, 0.4) is 0 Å². The second-order valence-electron chi connectivity index (χ2n) is 4.93. The van der Waals surface area contributed by atoms with Crippen LogP contribution in [0.2, 0.25) is 0 Å². The van der Waals surface area contributed by atoms with Crippen LogP contribution in [0.1, 0.15) is 29.5 Å². The van der Waals surface area contributed by atoms with Crippen molar-refractivity contribution in [2.75, 3.05) is 13.7 Å². The first-order valence-electron chi connectivity index (χ1n) is 6.08. The minimum atomic E-state index is -1.43. The fourth-order valence-electron chi connectivity index (χ4n) is 2.42. The van der Waals surface area contributed by atoms with Crippen molar-refractivity contribution in [2.24, 2.45) is 11.7 Å². The standard InChI is InChI=1S/C14H20FNO/c1-9-4-7-12(13(17-3)10(9)2)14(15,8-16)11-5-6-11/h4,7,11H,5-6,8,16H2,1-3H3. The molecule has 0 radical (unpaired) electrons. The predicted octanol–water partition coefficient (Wildman–Crippen LogP) is 2.85. The average molecular weight is 237 g/mol. The zero-order valence-electron chi connectivity index (χ0n) is 10.7. The number of nitrogens with two attached hydrogens (primary N) is 1. The van der Waals surface area contributed by atoms with Crippen molar-refractivity contribution in [3.63, 3.8) is 0 Å². The Morgan fingerprint density at radius 2 is 2.06 bits per heavy atom. The van der Waals surface area contributed by atoms with E-state index in [9.17, 15) is 4.39 Å². The highest BCUT2D eigenvalue weighted by Crippen LogP contribution is 2.51. The summed E-state index contributed by atoms with van der Waals surface area (Å²) in [6, 6.07) is 3.77. The highest BCUT2D eigenvalue weighted by atomic mass is 19.1. The molecule has 1 unspecified atom stereocenters. The summed E-state index contributed by atoms with van der Waals surface area (Å²) in [5.41, 5.74) is 6.97. The summed E-state index contributed by atoms with van der Waals surface area (Å²) in [6.07, 6.45) is 1.84. The van der Waals surface area contributed by atoms with Crippen molar-refractivity contribution in [2.45, 2.75) is 32.4 Å².